The van der Waals surface area contributed by atoms with Crippen LogP contribution >= 0.6 is 15.9 Å². The average Bonchev–Trinajstić information content (AvgIpc) is 2.51. The summed E-state index contributed by atoms with van der Waals surface area (Å²) in [5.41, 5.74) is 2.38. The first-order chi connectivity index (χ1) is 10.6. The zero-order chi connectivity index (χ0) is 15.9. The van der Waals surface area contributed by atoms with Gasteiger partial charge >= 0.3 is 0 Å². The largest absolute Gasteiger partial charge is 0.351 e. The second-order valence-electron chi connectivity index (χ2n) is 5.00. The van der Waals surface area contributed by atoms with Crippen LogP contribution in [0.4, 0.5) is 11.5 Å². The standard InChI is InChI=1S/C16H19BrN4O/c1-3-4-9-18-16(22)14-7-8-15(21-20-14)19-13-6-5-12(17)10-11(13)2/h5-8,10H,3-4,9H2,1-2H3,(H,18,22)(H,19,21). The van der Waals surface area contributed by atoms with E-state index in [1.165, 1.54) is 0 Å². The van der Waals surface area contributed by atoms with E-state index in [-0.39, 0.29) is 5.91 Å². The number of aromatic nitrogens is 2. The molecular formula is C16H19BrN4O. The Morgan fingerprint density at radius 3 is 2.68 bits per heavy atom. The van der Waals surface area contributed by atoms with Crippen molar-refractivity contribution in [1.82, 2.24) is 15.5 Å². The number of anilines is 2. The number of halogens is 1. The lowest BCUT2D eigenvalue weighted by molar-refractivity contribution is 0.0947. The van der Waals surface area contributed by atoms with Crippen LogP contribution in [0.25, 0.3) is 0 Å². The molecule has 1 heterocycles. The minimum atomic E-state index is -0.188. The molecule has 0 radical (unpaired) electrons. The van der Waals surface area contributed by atoms with Gasteiger partial charge in [0.1, 0.15) is 0 Å². The molecule has 116 valence electrons. The molecule has 1 aromatic heterocycles. The van der Waals surface area contributed by atoms with Crippen LogP contribution in [0.2, 0.25) is 0 Å². The van der Waals surface area contributed by atoms with Gasteiger partial charge in [0.2, 0.25) is 0 Å². The number of aryl methyl sites for hydroxylation is 1. The van der Waals surface area contributed by atoms with Gasteiger partial charge in [-0.3, -0.25) is 4.79 Å². The van der Waals surface area contributed by atoms with Crippen LogP contribution in [0.15, 0.2) is 34.8 Å². The van der Waals surface area contributed by atoms with Gasteiger partial charge in [0.05, 0.1) is 0 Å². The molecule has 5 nitrogen and oxygen atoms in total. The molecular weight excluding hydrogens is 344 g/mol. The van der Waals surface area contributed by atoms with E-state index in [1.807, 2.05) is 25.1 Å². The predicted molar refractivity (Wildman–Crippen MR) is 91.4 cm³/mol. The van der Waals surface area contributed by atoms with Crippen LogP contribution in [-0.4, -0.2) is 22.6 Å². The first-order valence-electron chi connectivity index (χ1n) is 7.25. The Hall–Kier alpha value is -1.95. The summed E-state index contributed by atoms with van der Waals surface area (Å²) in [6.45, 7) is 4.75. The minimum Gasteiger partial charge on any atom is -0.351 e. The molecule has 0 bridgehead atoms. The smallest absolute Gasteiger partial charge is 0.271 e. The molecule has 0 saturated heterocycles. The van der Waals surface area contributed by atoms with Crippen molar-refractivity contribution in [3.05, 3.63) is 46.1 Å². The van der Waals surface area contributed by atoms with Crippen LogP contribution < -0.4 is 10.6 Å². The Morgan fingerprint density at radius 2 is 2.05 bits per heavy atom. The summed E-state index contributed by atoms with van der Waals surface area (Å²) in [5, 5.41) is 14.0. The molecule has 1 aromatic carbocycles. The summed E-state index contributed by atoms with van der Waals surface area (Å²) in [4.78, 5) is 11.8. The van der Waals surface area contributed by atoms with E-state index < -0.39 is 0 Å². The fourth-order valence-corrected chi connectivity index (χ4v) is 2.37. The van der Waals surface area contributed by atoms with Gasteiger partial charge in [0.25, 0.3) is 5.91 Å². The number of rotatable bonds is 6. The minimum absolute atomic E-state index is 0.188. The van der Waals surface area contributed by atoms with Gasteiger partial charge in [-0.25, -0.2) is 0 Å². The summed E-state index contributed by atoms with van der Waals surface area (Å²) in [7, 11) is 0. The van der Waals surface area contributed by atoms with Crippen molar-refractivity contribution in [2.24, 2.45) is 0 Å². The van der Waals surface area contributed by atoms with Gasteiger partial charge in [0, 0.05) is 16.7 Å². The third-order valence-electron chi connectivity index (χ3n) is 3.16. The van der Waals surface area contributed by atoms with E-state index in [0.29, 0.717) is 18.1 Å². The van der Waals surface area contributed by atoms with Crippen molar-refractivity contribution in [1.29, 1.82) is 0 Å². The molecule has 0 fully saturated rings. The normalized spacial score (nSPS) is 10.3. The van der Waals surface area contributed by atoms with Gasteiger partial charge in [-0.05, 0) is 49.2 Å². The third kappa shape index (κ3) is 4.53. The zero-order valence-corrected chi connectivity index (χ0v) is 14.3. The van der Waals surface area contributed by atoms with Crippen molar-refractivity contribution in [3.8, 4) is 0 Å². The predicted octanol–water partition coefficient (Wildman–Crippen LogP) is 3.82. The van der Waals surface area contributed by atoms with Crippen LogP contribution in [0, 0.1) is 6.92 Å². The monoisotopic (exact) mass is 362 g/mol. The highest BCUT2D eigenvalue weighted by molar-refractivity contribution is 9.10. The van der Waals surface area contributed by atoms with Gasteiger partial charge in [-0.15, -0.1) is 10.2 Å². The number of nitrogens with one attached hydrogen (secondary N) is 2. The number of hydrogen-bond acceptors (Lipinski definition) is 4. The molecule has 0 spiro atoms. The molecule has 0 aliphatic rings. The lowest BCUT2D eigenvalue weighted by atomic mass is 10.2. The van der Waals surface area contributed by atoms with Crippen molar-refractivity contribution in [2.45, 2.75) is 26.7 Å². The Balaban J connectivity index is 2.01. The second kappa shape index (κ2) is 7.89. The van der Waals surface area contributed by atoms with Gasteiger partial charge in [-0.1, -0.05) is 29.3 Å². The first-order valence-corrected chi connectivity index (χ1v) is 8.04. The highest BCUT2D eigenvalue weighted by Gasteiger charge is 2.08. The number of benzene rings is 1. The van der Waals surface area contributed by atoms with E-state index >= 15 is 0 Å². The molecule has 0 unspecified atom stereocenters. The maximum atomic E-state index is 11.8. The molecule has 22 heavy (non-hydrogen) atoms. The lowest BCUT2D eigenvalue weighted by Crippen LogP contribution is -2.25. The van der Waals surface area contributed by atoms with E-state index in [2.05, 4.69) is 43.7 Å². The number of nitrogens with zero attached hydrogens (tertiary/aromatic N) is 2. The highest BCUT2D eigenvalue weighted by Crippen LogP contribution is 2.22. The summed E-state index contributed by atoms with van der Waals surface area (Å²) < 4.78 is 1.03. The van der Waals surface area contributed by atoms with Crippen LogP contribution in [0.5, 0.6) is 0 Å². The van der Waals surface area contributed by atoms with Crippen LogP contribution in [0.1, 0.15) is 35.8 Å². The van der Waals surface area contributed by atoms with Gasteiger partial charge in [0.15, 0.2) is 11.5 Å². The molecule has 0 aliphatic carbocycles. The number of unbranched alkanes of at least 4 members (excludes halogenated alkanes) is 1. The fraction of sp³-hybridized carbons (Fsp3) is 0.312. The maximum Gasteiger partial charge on any atom is 0.271 e. The first kappa shape index (κ1) is 16.4. The molecule has 6 heteroatoms. The number of amides is 1. The summed E-state index contributed by atoms with van der Waals surface area (Å²) in [6, 6.07) is 9.37. The Bertz CT molecular complexity index is 643. The molecule has 2 N–H and O–H groups in total. The molecule has 2 aromatic rings. The Morgan fingerprint density at radius 1 is 1.23 bits per heavy atom. The zero-order valence-electron chi connectivity index (χ0n) is 12.7. The van der Waals surface area contributed by atoms with E-state index in [1.54, 1.807) is 12.1 Å². The molecule has 0 atom stereocenters. The van der Waals surface area contributed by atoms with Gasteiger partial charge < -0.3 is 10.6 Å². The second-order valence-corrected chi connectivity index (χ2v) is 5.91. The summed E-state index contributed by atoms with van der Waals surface area (Å²) in [6.07, 6.45) is 2.00. The molecule has 2 rings (SSSR count). The van der Waals surface area contributed by atoms with Crippen molar-refractivity contribution in [3.63, 3.8) is 0 Å². The SMILES string of the molecule is CCCCNC(=O)c1ccc(Nc2ccc(Br)cc2C)nn1. The molecule has 1 amide bonds. The molecule has 0 saturated carbocycles. The number of carbonyl (C=O) groups excluding carboxylic acids is 1. The van der Waals surface area contributed by atoms with E-state index in [0.717, 1.165) is 28.6 Å². The third-order valence-corrected chi connectivity index (χ3v) is 3.66. The topological polar surface area (TPSA) is 66.9 Å². The van der Waals surface area contributed by atoms with Crippen molar-refractivity contribution in [2.75, 3.05) is 11.9 Å². The van der Waals surface area contributed by atoms with E-state index in [4.69, 9.17) is 0 Å². The fourth-order valence-electron chi connectivity index (χ4n) is 1.89. The average molecular weight is 363 g/mol. The Kier molecular flexibility index (Phi) is 5.89. The van der Waals surface area contributed by atoms with E-state index in [9.17, 15) is 4.79 Å². The van der Waals surface area contributed by atoms with Crippen LogP contribution in [0.3, 0.4) is 0 Å². The number of carbonyl (C=O) groups is 1. The molecule has 0 aliphatic heterocycles. The summed E-state index contributed by atoms with van der Waals surface area (Å²) in [5.74, 6) is 0.419. The number of hydrogen-bond donors (Lipinski definition) is 2. The van der Waals surface area contributed by atoms with Crippen molar-refractivity contribution < 1.29 is 4.79 Å². The summed E-state index contributed by atoms with van der Waals surface area (Å²) >= 11 is 3.43. The Labute approximate surface area is 138 Å². The quantitative estimate of drug-likeness (QED) is 0.766. The van der Waals surface area contributed by atoms with Crippen LogP contribution in [-0.2, 0) is 0 Å². The highest BCUT2D eigenvalue weighted by atomic mass is 79.9. The van der Waals surface area contributed by atoms with Gasteiger partial charge in [-0.2, -0.15) is 0 Å². The maximum absolute atomic E-state index is 11.8. The van der Waals surface area contributed by atoms with Crippen molar-refractivity contribution >= 4 is 33.3 Å². The lowest BCUT2D eigenvalue weighted by Gasteiger charge is -2.09.